The highest BCUT2D eigenvalue weighted by Gasteiger charge is 2.40. The number of nitrogen functional groups attached to an aromatic ring is 1. The minimum Gasteiger partial charge on any atom is -0.459 e. The molecule has 2 N–H and O–H groups in total. The van der Waals surface area contributed by atoms with Gasteiger partial charge in [0.1, 0.15) is 6.10 Å². The highest BCUT2D eigenvalue weighted by atomic mass is 16.5. The molecule has 0 aliphatic carbocycles. The summed E-state index contributed by atoms with van der Waals surface area (Å²) in [6.45, 7) is 0. The van der Waals surface area contributed by atoms with Gasteiger partial charge in [-0.25, -0.2) is 4.79 Å². The van der Waals surface area contributed by atoms with E-state index in [1.165, 1.54) is 12.8 Å². The molecule has 4 rings (SSSR count). The SMILES string of the molecule is CN1C2CCC1CC(OC(=O)/C(=C/c1ccccc1)c1cccc(N)c1)C2. The molecule has 2 unspecified atom stereocenters. The molecule has 140 valence electrons. The van der Waals surface area contributed by atoms with Gasteiger partial charge in [0, 0.05) is 30.6 Å². The average Bonchev–Trinajstić information content (AvgIpc) is 2.88. The molecule has 0 aromatic heterocycles. The van der Waals surface area contributed by atoms with Gasteiger partial charge in [-0.2, -0.15) is 0 Å². The number of piperidine rings is 1. The number of ether oxygens (including phenoxy) is 1. The number of fused-ring (bicyclic) bond motifs is 2. The predicted molar refractivity (Wildman–Crippen MR) is 109 cm³/mol. The molecule has 4 nitrogen and oxygen atoms in total. The van der Waals surface area contributed by atoms with Crippen molar-refractivity contribution in [2.45, 2.75) is 43.9 Å². The monoisotopic (exact) mass is 362 g/mol. The Hall–Kier alpha value is -2.59. The van der Waals surface area contributed by atoms with E-state index in [2.05, 4.69) is 11.9 Å². The largest absolute Gasteiger partial charge is 0.459 e. The molecule has 2 bridgehead atoms. The zero-order chi connectivity index (χ0) is 18.8. The van der Waals surface area contributed by atoms with Gasteiger partial charge in [-0.15, -0.1) is 0 Å². The van der Waals surface area contributed by atoms with E-state index in [9.17, 15) is 4.79 Å². The Morgan fingerprint density at radius 1 is 1.07 bits per heavy atom. The van der Waals surface area contributed by atoms with E-state index >= 15 is 0 Å². The molecule has 2 fully saturated rings. The summed E-state index contributed by atoms with van der Waals surface area (Å²) in [5, 5.41) is 0. The Bertz CT molecular complexity index is 832. The summed E-state index contributed by atoms with van der Waals surface area (Å²) < 4.78 is 5.97. The second kappa shape index (κ2) is 7.57. The molecule has 2 atom stereocenters. The molecule has 0 saturated carbocycles. The molecule has 0 amide bonds. The van der Waals surface area contributed by atoms with Crippen LogP contribution in [0, 0.1) is 0 Å². The average molecular weight is 362 g/mol. The fraction of sp³-hybridized carbons (Fsp3) is 0.348. The number of nitrogens with two attached hydrogens (primary N) is 1. The van der Waals surface area contributed by atoms with Crippen LogP contribution in [0.3, 0.4) is 0 Å². The number of carbonyl (C=O) groups excluding carboxylic acids is 1. The van der Waals surface area contributed by atoms with Crippen molar-refractivity contribution in [2.24, 2.45) is 0 Å². The van der Waals surface area contributed by atoms with Gasteiger partial charge in [0.05, 0.1) is 5.57 Å². The summed E-state index contributed by atoms with van der Waals surface area (Å²) in [6, 6.07) is 18.3. The minimum absolute atomic E-state index is 0.00793. The maximum Gasteiger partial charge on any atom is 0.339 e. The quantitative estimate of drug-likeness (QED) is 0.387. The third-order valence-electron chi connectivity index (χ3n) is 5.86. The van der Waals surface area contributed by atoms with Gasteiger partial charge < -0.3 is 15.4 Å². The number of rotatable bonds is 4. The molecule has 2 saturated heterocycles. The predicted octanol–water partition coefficient (Wildman–Crippen LogP) is 3.98. The van der Waals surface area contributed by atoms with Crippen LogP contribution < -0.4 is 5.73 Å². The molecule has 2 heterocycles. The zero-order valence-corrected chi connectivity index (χ0v) is 15.7. The first-order valence-corrected chi connectivity index (χ1v) is 9.66. The van der Waals surface area contributed by atoms with Crippen LogP contribution in [0.5, 0.6) is 0 Å². The smallest absolute Gasteiger partial charge is 0.339 e. The number of benzene rings is 2. The summed E-state index contributed by atoms with van der Waals surface area (Å²) >= 11 is 0. The number of anilines is 1. The number of hydrogen-bond donors (Lipinski definition) is 1. The standard InChI is InChI=1S/C23H26N2O2/c1-25-19-10-11-20(25)15-21(14-19)27-23(26)22(12-16-6-3-2-4-7-16)17-8-5-9-18(24)13-17/h2-9,12-13,19-21H,10-11,14-15,24H2,1H3/b22-12+. The lowest BCUT2D eigenvalue weighted by molar-refractivity contribution is -0.144. The summed E-state index contributed by atoms with van der Waals surface area (Å²) in [5.41, 5.74) is 8.90. The van der Waals surface area contributed by atoms with Crippen molar-refractivity contribution in [3.8, 4) is 0 Å². The highest BCUT2D eigenvalue weighted by Crippen LogP contribution is 2.36. The molecule has 4 heteroatoms. The lowest BCUT2D eigenvalue weighted by Crippen LogP contribution is -2.43. The first-order chi connectivity index (χ1) is 13.1. The van der Waals surface area contributed by atoms with E-state index in [0.29, 0.717) is 23.3 Å². The highest BCUT2D eigenvalue weighted by molar-refractivity contribution is 6.21. The number of hydrogen-bond acceptors (Lipinski definition) is 4. The van der Waals surface area contributed by atoms with Crippen molar-refractivity contribution in [3.63, 3.8) is 0 Å². The molecule has 2 aromatic carbocycles. The zero-order valence-electron chi connectivity index (χ0n) is 15.7. The van der Waals surface area contributed by atoms with Crippen molar-refractivity contribution in [1.29, 1.82) is 0 Å². The van der Waals surface area contributed by atoms with Gasteiger partial charge in [0.2, 0.25) is 0 Å². The molecule has 27 heavy (non-hydrogen) atoms. The van der Waals surface area contributed by atoms with E-state index in [1.807, 2.05) is 60.7 Å². The van der Waals surface area contributed by atoms with Crippen LogP contribution in [-0.4, -0.2) is 36.1 Å². The number of carbonyl (C=O) groups is 1. The molecular formula is C23H26N2O2. The lowest BCUT2D eigenvalue weighted by atomic mass is 9.99. The fourth-order valence-corrected chi connectivity index (χ4v) is 4.35. The van der Waals surface area contributed by atoms with E-state index in [0.717, 1.165) is 24.0 Å². The van der Waals surface area contributed by atoms with E-state index < -0.39 is 0 Å². The second-order valence-corrected chi connectivity index (χ2v) is 7.64. The van der Waals surface area contributed by atoms with E-state index in [1.54, 1.807) is 0 Å². The van der Waals surface area contributed by atoms with Gasteiger partial charge in [-0.3, -0.25) is 0 Å². The number of esters is 1. The van der Waals surface area contributed by atoms with Crippen molar-refractivity contribution < 1.29 is 9.53 Å². The summed E-state index contributed by atoms with van der Waals surface area (Å²) in [5.74, 6) is -0.265. The van der Waals surface area contributed by atoms with Gasteiger partial charge in [0.25, 0.3) is 0 Å². The third kappa shape index (κ3) is 3.91. The maximum absolute atomic E-state index is 13.1. The van der Waals surface area contributed by atoms with Crippen LogP contribution in [0.15, 0.2) is 54.6 Å². The molecule has 2 aromatic rings. The van der Waals surface area contributed by atoms with Crippen LogP contribution in [0.1, 0.15) is 36.8 Å². The Kier molecular flexibility index (Phi) is 4.99. The topological polar surface area (TPSA) is 55.6 Å². The summed E-state index contributed by atoms with van der Waals surface area (Å²) in [4.78, 5) is 15.5. The van der Waals surface area contributed by atoms with E-state index in [4.69, 9.17) is 10.5 Å². The van der Waals surface area contributed by atoms with Crippen LogP contribution in [0.2, 0.25) is 0 Å². The van der Waals surface area contributed by atoms with Crippen molar-refractivity contribution in [1.82, 2.24) is 4.90 Å². The van der Waals surface area contributed by atoms with E-state index in [-0.39, 0.29) is 12.1 Å². The van der Waals surface area contributed by atoms with Gasteiger partial charge in [0.15, 0.2) is 0 Å². The molecule has 0 spiro atoms. The van der Waals surface area contributed by atoms with Gasteiger partial charge >= 0.3 is 5.97 Å². The summed E-state index contributed by atoms with van der Waals surface area (Å²) in [7, 11) is 2.19. The van der Waals surface area contributed by atoms with Gasteiger partial charge in [-0.1, -0.05) is 42.5 Å². The van der Waals surface area contributed by atoms with Crippen LogP contribution in [0.4, 0.5) is 5.69 Å². The number of nitrogens with zero attached hydrogens (tertiary/aromatic N) is 1. The summed E-state index contributed by atoms with van der Waals surface area (Å²) in [6.07, 6.45) is 6.14. The Morgan fingerprint density at radius 3 is 2.44 bits per heavy atom. The van der Waals surface area contributed by atoms with Crippen molar-refractivity contribution in [2.75, 3.05) is 12.8 Å². The minimum atomic E-state index is -0.265. The Morgan fingerprint density at radius 2 is 1.78 bits per heavy atom. The third-order valence-corrected chi connectivity index (χ3v) is 5.86. The van der Waals surface area contributed by atoms with Gasteiger partial charge in [-0.05, 0) is 49.2 Å². The normalized spacial score (nSPS) is 25.4. The molecule has 0 radical (unpaired) electrons. The van der Waals surface area contributed by atoms with Crippen LogP contribution in [0.25, 0.3) is 11.6 Å². The maximum atomic E-state index is 13.1. The Balaban J connectivity index is 1.59. The molecule has 2 aliphatic rings. The van der Waals surface area contributed by atoms with Crippen LogP contribution >= 0.6 is 0 Å². The van der Waals surface area contributed by atoms with Crippen molar-refractivity contribution in [3.05, 3.63) is 65.7 Å². The molecular weight excluding hydrogens is 336 g/mol. The molecule has 2 aliphatic heterocycles. The van der Waals surface area contributed by atoms with Crippen molar-refractivity contribution >= 4 is 23.3 Å². The van der Waals surface area contributed by atoms with Crippen LogP contribution in [-0.2, 0) is 9.53 Å². The lowest BCUT2D eigenvalue weighted by Gasteiger charge is -2.35. The first kappa shape index (κ1) is 17.8. The first-order valence-electron chi connectivity index (χ1n) is 9.66. The fourth-order valence-electron chi connectivity index (χ4n) is 4.35. The Labute approximate surface area is 160 Å². The second-order valence-electron chi connectivity index (χ2n) is 7.64.